The molecule has 3 rings (SSSR count). The molecule has 6 heteroatoms. The van der Waals surface area contributed by atoms with E-state index in [0.29, 0.717) is 11.5 Å². The van der Waals surface area contributed by atoms with E-state index in [1.54, 1.807) is 18.3 Å². The van der Waals surface area contributed by atoms with Gasteiger partial charge in [-0.15, -0.1) is 0 Å². The molecule has 0 spiro atoms. The van der Waals surface area contributed by atoms with Crippen LogP contribution in [0.15, 0.2) is 53.6 Å². The first-order chi connectivity index (χ1) is 10.8. The molecule has 22 heavy (non-hydrogen) atoms. The molecular formula is C16H15N3O3. The van der Waals surface area contributed by atoms with Crippen molar-refractivity contribution >= 4 is 17.8 Å². The molecule has 6 nitrogen and oxygen atoms in total. The van der Waals surface area contributed by atoms with Gasteiger partial charge in [0, 0.05) is 11.8 Å². The van der Waals surface area contributed by atoms with Crippen molar-refractivity contribution in [1.29, 1.82) is 0 Å². The van der Waals surface area contributed by atoms with E-state index in [1.807, 2.05) is 36.4 Å². The van der Waals surface area contributed by atoms with Crippen LogP contribution in [0.2, 0.25) is 0 Å². The van der Waals surface area contributed by atoms with Gasteiger partial charge in [0.05, 0.1) is 12.8 Å². The third-order valence-electron chi connectivity index (χ3n) is 3.03. The summed E-state index contributed by atoms with van der Waals surface area (Å²) in [6.45, 7) is 0.346. The van der Waals surface area contributed by atoms with Gasteiger partial charge < -0.3 is 14.8 Å². The van der Waals surface area contributed by atoms with Crippen molar-refractivity contribution < 1.29 is 14.3 Å². The molecule has 112 valence electrons. The Morgan fingerprint density at radius 1 is 1.14 bits per heavy atom. The summed E-state index contributed by atoms with van der Waals surface area (Å²) >= 11 is 0. The van der Waals surface area contributed by atoms with E-state index in [2.05, 4.69) is 15.8 Å². The molecule has 1 aliphatic heterocycles. The summed E-state index contributed by atoms with van der Waals surface area (Å²) in [5.41, 5.74) is 4.17. The van der Waals surface area contributed by atoms with Crippen molar-refractivity contribution in [2.24, 2.45) is 5.10 Å². The van der Waals surface area contributed by atoms with E-state index in [0.717, 1.165) is 11.3 Å². The molecule has 0 bridgehead atoms. The lowest BCUT2D eigenvalue weighted by Crippen LogP contribution is -2.25. The normalized spacial score (nSPS) is 12.4. The molecule has 2 aromatic carbocycles. The number of amides is 1. The van der Waals surface area contributed by atoms with E-state index in [4.69, 9.17) is 9.47 Å². The summed E-state index contributed by atoms with van der Waals surface area (Å²) in [5.74, 6) is 1.15. The maximum absolute atomic E-state index is 11.7. The van der Waals surface area contributed by atoms with E-state index < -0.39 is 0 Å². The van der Waals surface area contributed by atoms with Gasteiger partial charge in [-0.3, -0.25) is 4.79 Å². The third-order valence-corrected chi connectivity index (χ3v) is 3.03. The zero-order chi connectivity index (χ0) is 15.2. The highest BCUT2D eigenvalue weighted by Crippen LogP contribution is 2.34. The Bertz CT molecular complexity index is 686. The number of fused-ring (bicyclic) bond motifs is 1. The molecule has 0 saturated heterocycles. The average molecular weight is 297 g/mol. The van der Waals surface area contributed by atoms with Crippen LogP contribution < -0.4 is 20.2 Å². The predicted octanol–water partition coefficient (Wildman–Crippen LogP) is 1.98. The number of hydrogen-bond acceptors (Lipinski definition) is 5. The Labute approximate surface area is 127 Å². The van der Waals surface area contributed by atoms with Crippen LogP contribution in [0.1, 0.15) is 5.56 Å². The van der Waals surface area contributed by atoms with Crippen LogP contribution >= 0.6 is 0 Å². The van der Waals surface area contributed by atoms with Gasteiger partial charge in [0.15, 0.2) is 11.5 Å². The summed E-state index contributed by atoms with van der Waals surface area (Å²) < 4.78 is 10.5. The standard InChI is InChI=1S/C16H15N3O3/c20-16(19-18-9-12-4-2-1-3-5-12)10-17-13-6-7-14-15(8-13)22-11-21-14/h1-9,17H,10-11H2,(H,19,20)/b18-9-. The van der Waals surface area contributed by atoms with Crippen molar-refractivity contribution in [2.75, 3.05) is 18.7 Å². The van der Waals surface area contributed by atoms with Crippen molar-refractivity contribution in [3.8, 4) is 11.5 Å². The van der Waals surface area contributed by atoms with Gasteiger partial charge in [0.2, 0.25) is 6.79 Å². The van der Waals surface area contributed by atoms with Crippen molar-refractivity contribution in [1.82, 2.24) is 5.43 Å². The van der Waals surface area contributed by atoms with Gasteiger partial charge in [0.25, 0.3) is 5.91 Å². The second kappa shape index (κ2) is 6.62. The smallest absolute Gasteiger partial charge is 0.259 e. The molecule has 0 fully saturated rings. The molecule has 0 aliphatic carbocycles. The van der Waals surface area contributed by atoms with Crippen LogP contribution in [0.25, 0.3) is 0 Å². The van der Waals surface area contributed by atoms with E-state index in [9.17, 15) is 4.79 Å². The van der Waals surface area contributed by atoms with Crippen molar-refractivity contribution in [3.05, 3.63) is 54.1 Å². The molecule has 1 heterocycles. The van der Waals surface area contributed by atoms with Gasteiger partial charge >= 0.3 is 0 Å². The number of nitrogens with one attached hydrogen (secondary N) is 2. The number of hydrazone groups is 1. The first-order valence-corrected chi connectivity index (χ1v) is 6.82. The maximum Gasteiger partial charge on any atom is 0.259 e. The Balaban J connectivity index is 1.47. The van der Waals surface area contributed by atoms with Gasteiger partial charge in [-0.25, -0.2) is 5.43 Å². The second-order valence-corrected chi connectivity index (χ2v) is 4.63. The van der Waals surface area contributed by atoms with Gasteiger partial charge in [-0.2, -0.15) is 5.10 Å². The van der Waals surface area contributed by atoms with E-state index in [1.165, 1.54) is 0 Å². The van der Waals surface area contributed by atoms with Gasteiger partial charge in [-0.05, 0) is 17.7 Å². The van der Waals surface area contributed by atoms with Crippen LogP contribution in [-0.2, 0) is 4.79 Å². The number of nitrogens with zero attached hydrogens (tertiary/aromatic N) is 1. The monoisotopic (exact) mass is 297 g/mol. The van der Waals surface area contributed by atoms with Crippen LogP contribution in [-0.4, -0.2) is 25.5 Å². The Morgan fingerprint density at radius 3 is 2.82 bits per heavy atom. The summed E-state index contributed by atoms with van der Waals surface area (Å²) in [6.07, 6.45) is 1.60. The van der Waals surface area contributed by atoms with Crippen LogP contribution in [0.5, 0.6) is 11.5 Å². The number of carbonyl (C=O) groups excluding carboxylic acids is 1. The Morgan fingerprint density at radius 2 is 1.95 bits per heavy atom. The number of carbonyl (C=O) groups is 1. The molecule has 2 aromatic rings. The lowest BCUT2D eigenvalue weighted by Gasteiger charge is -2.06. The minimum Gasteiger partial charge on any atom is -0.454 e. The summed E-state index contributed by atoms with van der Waals surface area (Å²) in [4.78, 5) is 11.7. The summed E-state index contributed by atoms with van der Waals surface area (Å²) in [5, 5.41) is 6.90. The molecule has 0 aromatic heterocycles. The highest BCUT2D eigenvalue weighted by molar-refractivity contribution is 5.84. The SMILES string of the molecule is O=C(CNc1ccc2c(c1)OCO2)N/N=C\c1ccccc1. The largest absolute Gasteiger partial charge is 0.454 e. The zero-order valence-corrected chi connectivity index (χ0v) is 11.8. The zero-order valence-electron chi connectivity index (χ0n) is 11.8. The molecule has 1 aliphatic rings. The fraction of sp³-hybridized carbons (Fsp3) is 0.125. The molecule has 0 radical (unpaired) electrons. The highest BCUT2D eigenvalue weighted by Gasteiger charge is 2.13. The lowest BCUT2D eigenvalue weighted by atomic mass is 10.2. The minimum absolute atomic E-state index is 0.117. The first kappa shape index (κ1) is 13.9. The van der Waals surface area contributed by atoms with Crippen LogP contribution in [0.3, 0.4) is 0 Å². The lowest BCUT2D eigenvalue weighted by molar-refractivity contribution is -0.119. The topological polar surface area (TPSA) is 72.0 Å². The molecule has 2 N–H and O–H groups in total. The van der Waals surface area contributed by atoms with Crippen LogP contribution in [0, 0.1) is 0 Å². The second-order valence-electron chi connectivity index (χ2n) is 4.63. The fourth-order valence-corrected chi connectivity index (χ4v) is 1.95. The Hall–Kier alpha value is -3.02. The first-order valence-electron chi connectivity index (χ1n) is 6.82. The number of anilines is 1. The average Bonchev–Trinajstić information content (AvgIpc) is 3.01. The predicted molar refractivity (Wildman–Crippen MR) is 83.2 cm³/mol. The van der Waals surface area contributed by atoms with Crippen LogP contribution in [0.4, 0.5) is 5.69 Å². The van der Waals surface area contributed by atoms with E-state index >= 15 is 0 Å². The molecule has 1 amide bonds. The fourth-order valence-electron chi connectivity index (χ4n) is 1.95. The maximum atomic E-state index is 11.7. The van der Waals surface area contributed by atoms with Crippen molar-refractivity contribution in [3.63, 3.8) is 0 Å². The number of ether oxygens (including phenoxy) is 2. The highest BCUT2D eigenvalue weighted by atomic mass is 16.7. The third kappa shape index (κ3) is 3.54. The summed E-state index contributed by atoms with van der Waals surface area (Å²) in [7, 11) is 0. The van der Waals surface area contributed by atoms with E-state index in [-0.39, 0.29) is 19.2 Å². The molecule has 0 unspecified atom stereocenters. The number of rotatable bonds is 5. The molecule has 0 saturated carbocycles. The van der Waals surface area contributed by atoms with Gasteiger partial charge in [0.1, 0.15) is 0 Å². The number of benzene rings is 2. The minimum atomic E-state index is -0.232. The molecular weight excluding hydrogens is 282 g/mol. The number of hydrogen-bond donors (Lipinski definition) is 2. The van der Waals surface area contributed by atoms with Gasteiger partial charge in [-0.1, -0.05) is 30.3 Å². The van der Waals surface area contributed by atoms with Crippen molar-refractivity contribution in [2.45, 2.75) is 0 Å². The molecule has 0 atom stereocenters. The Kier molecular flexibility index (Phi) is 4.20. The quantitative estimate of drug-likeness (QED) is 0.654. The summed E-state index contributed by atoms with van der Waals surface area (Å²) in [6, 6.07) is 15.0.